The lowest BCUT2D eigenvalue weighted by atomic mass is 10.2. The Balaban J connectivity index is 1.84. The van der Waals surface area contributed by atoms with Gasteiger partial charge < -0.3 is 24.6 Å². The second-order valence-electron chi connectivity index (χ2n) is 4.82. The van der Waals surface area contributed by atoms with Crippen molar-refractivity contribution < 1.29 is 19.3 Å². The van der Waals surface area contributed by atoms with Crippen molar-refractivity contribution in [3.63, 3.8) is 0 Å². The standard InChI is InChI=1S/C15H23NO4/c1-18-15-9-12(4-5-14(15)20-8-6-17)10-16-11-13-3-2-7-19-13/h4-5,9,13,16-17H,2-3,6-8,10-11H2,1H3. The molecular formula is C15H23NO4. The molecule has 1 aliphatic rings. The molecule has 5 heteroatoms. The Labute approximate surface area is 119 Å². The van der Waals surface area contributed by atoms with E-state index >= 15 is 0 Å². The first-order chi connectivity index (χ1) is 9.83. The van der Waals surface area contributed by atoms with Gasteiger partial charge in [-0.3, -0.25) is 0 Å². The molecule has 0 aliphatic carbocycles. The van der Waals surface area contributed by atoms with Gasteiger partial charge in [-0.25, -0.2) is 0 Å². The molecule has 2 rings (SSSR count). The highest BCUT2D eigenvalue weighted by Crippen LogP contribution is 2.28. The molecule has 0 aromatic heterocycles. The van der Waals surface area contributed by atoms with Crippen LogP contribution in [0.25, 0.3) is 0 Å². The predicted molar refractivity (Wildman–Crippen MR) is 76.3 cm³/mol. The minimum Gasteiger partial charge on any atom is -0.493 e. The van der Waals surface area contributed by atoms with Crippen molar-refractivity contribution in [2.24, 2.45) is 0 Å². The molecule has 0 amide bonds. The summed E-state index contributed by atoms with van der Waals surface area (Å²) in [5.41, 5.74) is 1.14. The number of hydrogen-bond donors (Lipinski definition) is 2. The molecule has 1 fully saturated rings. The molecule has 0 saturated carbocycles. The van der Waals surface area contributed by atoms with Crippen LogP contribution in [0, 0.1) is 0 Å². The Morgan fingerprint density at radius 3 is 3.00 bits per heavy atom. The fourth-order valence-corrected chi connectivity index (χ4v) is 2.28. The molecule has 0 radical (unpaired) electrons. The largest absolute Gasteiger partial charge is 0.493 e. The van der Waals surface area contributed by atoms with Crippen molar-refractivity contribution in [2.45, 2.75) is 25.5 Å². The van der Waals surface area contributed by atoms with E-state index in [4.69, 9.17) is 19.3 Å². The topological polar surface area (TPSA) is 60.0 Å². The van der Waals surface area contributed by atoms with Crippen molar-refractivity contribution in [3.8, 4) is 11.5 Å². The number of nitrogens with one attached hydrogen (secondary N) is 1. The number of rotatable bonds is 8. The third-order valence-electron chi connectivity index (χ3n) is 3.30. The van der Waals surface area contributed by atoms with Crippen molar-refractivity contribution in [2.75, 3.05) is 33.5 Å². The predicted octanol–water partition coefficient (Wildman–Crippen LogP) is 1.33. The van der Waals surface area contributed by atoms with Crippen LogP contribution in [0.2, 0.25) is 0 Å². The van der Waals surface area contributed by atoms with Gasteiger partial charge in [0.25, 0.3) is 0 Å². The van der Waals surface area contributed by atoms with E-state index in [0.717, 1.165) is 38.1 Å². The monoisotopic (exact) mass is 281 g/mol. The average molecular weight is 281 g/mol. The van der Waals surface area contributed by atoms with Crippen LogP contribution in [0.3, 0.4) is 0 Å². The lowest BCUT2D eigenvalue weighted by Gasteiger charge is -2.13. The first-order valence-electron chi connectivity index (χ1n) is 7.06. The molecule has 112 valence electrons. The molecule has 1 aromatic rings. The summed E-state index contributed by atoms with van der Waals surface area (Å²) in [7, 11) is 1.62. The van der Waals surface area contributed by atoms with Gasteiger partial charge in [-0.05, 0) is 30.5 Å². The molecular weight excluding hydrogens is 258 g/mol. The van der Waals surface area contributed by atoms with Gasteiger partial charge in [0.05, 0.1) is 19.8 Å². The first-order valence-corrected chi connectivity index (χ1v) is 7.06. The van der Waals surface area contributed by atoms with Crippen LogP contribution in [0.4, 0.5) is 0 Å². The highest BCUT2D eigenvalue weighted by Gasteiger charge is 2.14. The highest BCUT2D eigenvalue weighted by atomic mass is 16.5. The molecule has 20 heavy (non-hydrogen) atoms. The van der Waals surface area contributed by atoms with Crippen LogP contribution in [0.15, 0.2) is 18.2 Å². The molecule has 2 N–H and O–H groups in total. The summed E-state index contributed by atoms with van der Waals surface area (Å²) in [5, 5.41) is 12.2. The van der Waals surface area contributed by atoms with E-state index in [1.54, 1.807) is 7.11 Å². The summed E-state index contributed by atoms with van der Waals surface area (Å²) in [6.45, 7) is 2.81. The Hall–Kier alpha value is -1.30. The van der Waals surface area contributed by atoms with Crippen molar-refractivity contribution in [1.82, 2.24) is 5.32 Å². The molecule has 0 spiro atoms. The van der Waals surface area contributed by atoms with E-state index in [0.29, 0.717) is 17.6 Å². The van der Waals surface area contributed by atoms with E-state index in [9.17, 15) is 0 Å². The zero-order valence-corrected chi connectivity index (χ0v) is 11.9. The number of methoxy groups -OCH3 is 1. The van der Waals surface area contributed by atoms with Crippen LogP contribution in [-0.4, -0.2) is 44.7 Å². The lowest BCUT2D eigenvalue weighted by Crippen LogP contribution is -2.25. The Bertz CT molecular complexity index is 405. The molecule has 1 saturated heterocycles. The number of aliphatic hydroxyl groups is 1. The van der Waals surface area contributed by atoms with Gasteiger partial charge in [-0.2, -0.15) is 0 Å². The molecule has 1 aromatic carbocycles. The van der Waals surface area contributed by atoms with Crippen molar-refractivity contribution in [3.05, 3.63) is 23.8 Å². The highest BCUT2D eigenvalue weighted by molar-refractivity contribution is 5.42. The minimum atomic E-state index is -0.00610. The van der Waals surface area contributed by atoms with Gasteiger partial charge in [0, 0.05) is 19.7 Å². The molecule has 1 heterocycles. The maximum Gasteiger partial charge on any atom is 0.161 e. The van der Waals surface area contributed by atoms with E-state index in [-0.39, 0.29) is 13.2 Å². The molecule has 1 atom stereocenters. The minimum absolute atomic E-state index is 0.00610. The molecule has 1 aliphatic heterocycles. The van der Waals surface area contributed by atoms with Crippen LogP contribution in [0.1, 0.15) is 18.4 Å². The van der Waals surface area contributed by atoms with E-state index in [2.05, 4.69) is 5.32 Å². The van der Waals surface area contributed by atoms with Crippen LogP contribution in [-0.2, 0) is 11.3 Å². The second kappa shape index (κ2) is 8.09. The van der Waals surface area contributed by atoms with Crippen molar-refractivity contribution >= 4 is 0 Å². The van der Waals surface area contributed by atoms with Crippen LogP contribution in [0.5, 0.6) is 11.5 Å². The number of hydrogen-bond acceptors (Lipinski definition) is 5. The number of ether oxygens (including phenoxy) is 3. The van der Waals surface area contributed by atoms with Gasteiger partial charge in [0.15, 0.2) is 11.5 Å². The van der Waals surface area contributed by atoms with Crippen molar-refractivity contribution in [1.29, 1.82) is 0 Å². The van der Waals surface area contributed by atoms with Gasteiger partial charge in [-0.15, -0.1) is 0 Å². The van der Waals surface area contributed by atoms with E-state index < -0.39 is 0 Å². The Morgan fingerprint density at radius 1 is 1.40 bits per heavy atom. The third-order valence-corrected chi connectivity index (χ3v) is 3.30. The third kappa shape index (κ3) is 4.37. The van der Waals surface area contributed by atoms with E-state index in [1.807, 2.05) is 18.2 Å². The SMILES string of the molecule is COc1cc(CNCC2CCCO2)ccc1OCCO. The summed E-state index contributed by atoms with van der Waals surface area (Å²) in [5.74, 6) is 1.35. The summed E-state index contributed by atoms with van der Waals surface area (Å²) in [6, 6.07) is 5.82. The van der Waals surface area contributed by atoms with Crippen LogP contribution >= 0.6 is 0 Å². The lowest BCUT2D eigenvalue weighted by molar-refractivity contribution is 0.110. The number of aliphatic hydroxyl groups excluding tert-OH is 1. The molecule has 1 unspecified atom stereocenters. The van der Waals surface area contributed by atoms with Crippen LogP contribution < -0.4 is 14.8 Å². The first kappa shape index (κ1) is 15.1. The maximum absolute atomic E-state index is 8.78. The smallest absolute Gasteiger partial charge is 0.161 e. The van der Waals surface area contributed by atoms with E-state index in [1.165, 1.54) is 0 Å². The normalized spacial score (nSPS) is 18.2. The fraction of sp³-hybridized carbons (Fsp3) is 0.600. The summed E-state index contributed by atoms with van der Waals surface area (Å²) in [6.07, 6.45) is 2.66. The average Bonchev–Trinajstić information content (AvgIpc) is 2.99. The quantitative estimate of drug-likeness (QED) is 0.753. The summed E-state index contributed by atoms with van der Waals surface area (Å²) < 4.78 is 16.3. The zero-order valence-electron chi connectivity index (χ0n) is 11.9. The molecule has 0 bridgehead atoms. The fourth-order valence-electron chi connectivity index (χ4n) is 2.28. The second-order valence-corrected chi connectivity index (χ2v) is 4.82. The van der Waals surface area contributed by atoms with Gasteiger partial charge in [0.1, 0.15) is 6.61 Å². The maximum atomic E-state index is 8.78. The summed E-state index contributed by atoms with van der Waals surface area (Å²) >= 11 is 0. The number of benzene rings is 1. The molecule has 5 nitrogen and oxygen atoms in total. The zero-order chi connectivity index (χ0) is 14.2. The Morgan fingerprint density at radius 2 is 2.30 bits per heavy atom. The summed E-state index contributed by atoms with van der Waals surface area (Å²) in [4.78, 5) is 0. The van der Waals surface area contributed by atoms with Gasteiger partial charge >= 0.3 is 0 Å². The van der Waals surface area contributed by atoms with Gasteiger partial charge in [-0.1, -0.05) is 6.07 Å². The van der Waals surface area contributed by atoms with Gasteiger partial charge in [0.2, 0.25) is 0 Å². The Kier molecular flexibility index (Phi) is 6.11.